The van der Waals surface area contributed by atoms with Gasteiger partial charge in [-0.3, -0.25) is 0 Å². The van der Waals surface area contributed by atoms with Gasteiger partial charge in [-0.15, -0.1) is 0 Å². The third-order valence-corrected chi connectivity index (χ3v) is 1.52. The average Bonchev–Trinajstić information content (AvgIpc) is 2.65. The van der Waals surface area contributed by atoms with E-state index >= 15 is 0 Å². The van der Waals surface area contributed by atoms with E-state index in [4.69, 9.17) is 0 Å². The van der Waals surface area contributed by atoms with Crippen molar-refractivity contribution in [3.63, 3.8) is 0 Å². The first-order valence-electron chi connectivity index (χ1n) is 5.83. The van der Waals surface area contributed by atoms with Crippen LogP contribution in [0.5, 0.6) is 0 Å². The van der Waals surface area contributed by atoms with Crippen molar-refractivity contribution in [1.82, 2.24) is 15.3 Å². The normalized spacial score (nSPS) is 8.40. The zero-order chi connectivity index (χ0) is 12.1. The first-order chi connectivity index (χ1) is 7.24. The molecule has 0 unspecified atom stereocenters. The molecule has 0 saturated carbocycles. The summed E-state index contributed by atoms with van der Waals surface area (Å²) in [5, 5.41) is 2.75. The molecule has 0 atom stereocenters. The van der Waals surface area contributed by atoms with Gasteiger partial charge in [0.05, 0.1) is 0 Å². The summed E-state index contributed by atoms with van der Waals surface area (Å²) in [6.45, 7) is 8.22. The fourth-order valence-electron chi connectivity index (χ4n) is 0.938. The van der Waals surface area contributed by atoms with Gasteiger partial charge in [0.15, 0.2) is 0 Å². The van der Waals surface area contributed by atoms with Gasteiger partial charge in [0.25, 0.3) is 0 Å². The largest absolute Gasteiger partial charge is 0.346 e. The van der Waals surface area contributed by atoms with E-state index in [1.165, 1.54) is 12.8 Å². The molecule has 1 aromatic rings. The summed E-state index contributed by atoms with van der Waals surface area (Å²) in [6, 6.07) is 0. The Morgan fingerprint density at radius 3 is 2.20 bits per heavy atom. The Hall–Kier alpha value is -0.830. The Labute approximate surface area is 94.7 Å². The van der Waals surface area contributed by atoms with Crippen molar-refractivity contribution < 1.29 is 0 Å². The number of aryl methyl sites for hydroxylation is 2. The summed E-state index contributed by atoms with van der Waals surface area (Å²) in [5.74, 6) is 1.12. The monoisotopic (exact) mass is 213 g/mol. The number of H-pyrrole nitrogens is 1. The second-order valence-electron chi connectivity index (χ2n) is 3.12. The van der Waals surface area contributed by atoms with E-state index in [1.807, 2.05) is 41.1 Å². The number of imidazole rings is 1. The van der Waals surface area contributed by atoms with Crippen molar-refractivity contribution in [1.29, 1.82) is 0 Å². The van der Waals surface area contributed by atoms with Gasteiger partial charge in [0.2, 0.25) is 0 Å². The highest BCUT2D eigenvalue weighted by molar-refractivity contribution is 4.98. The van der Waals surface area contributed by atoms with Gasteiger partial charge < -0.3 is 10.3 Å². The molecule has 0 bridgehead atoms. The maximum Gasteiger partial charge on any atom is 0.106 e. The van der Waals surface area contributed by atoms with Crippen LogP contribution in [0, 0.1) is 6.92 Å². The van der Waals surface area contributed by atoms with Crippen LogP contribution in [0.25, 0.3) is 0 Å². The smallest absolute Gasteiger partial charge is 0.106 e. The molecule has 0 fully saturated rings. The highest BCUT2D eigenvalue weighted by Crippen LogP contribution is 1.99. The molecule has 0 aliphatic carbocycles. The van der Waals surface area contributed by atoms with Crippen LogP contribution >= 0.6 is 0 Å². The molecule has 1 heterocycles. The van der Waals surface area contributed by atoms with Gasteiger partial charge in [-0.25, -0.2) is 4.98 Å². The Bertz CT molecular complexity index is 206. The third kappa shape index (κ3) is 11.1. The Morgan fingerprint density at radius 2 is 1.87 bits per heavy atom. The molecule has 0 spiro atoms. The van der Waals surface area contributed by atoms with Crippen molar-refractivity contribution in [3.05, 3.63) is 17.7 Å². The first kappa shape index (κ1) is 16.6. The van der Waals surface area contributed by atoms with Crippen molar-refractivity contribution in [2.45, 2.75) is 47.0 Å². The minimum atomic E-state index is 1.09. The number of nitrogens with zero attached hydrogens (tertiary/aromatic N) is 1. The molecule has 0 aliphatic rings. The second kappa shape index (κ2) is 13.2. The summed E-state index contributed by atoms with van der Waals surface area (Å²) < 4.78 is 0. The van der Waals surface area contributed by atoms with Gasteiger partial charge in [-0.05, 0) is 27.4 Å². The molecule has 90 valence electrons. The summed E-state index contributed by atoms with van der Waals surface area (Å²) in [5.41, 5.74) is 1.16. The maximum absolute atomic E-state index is 4.20. The lowest BCUT2D eigenvalue weighted by atomic mass is 10.2. The molecule has 0 saturated heterocycles. The zero-order valence-electron chi connectivity index (χ0n) is 11.1. The van der Waals surface area contributed by atoms with Crippen molar-refractivity contribution in [3.8, 4) is 0 Å². The molecule has 1 aromatic heterocycles. The fraction of sp³-hybridized carbons (Fsp3) is 0.750. The van der Waals surface area contributed by atoms with Gasteiger partial charge >= 0.3 is 0 Å². The maximum atomic E-state index is 4.20. The van der Waals surface area contributed by atoms with Crippen molar-refractivity contribution in [2.75, 3.05) is 14.1 Å². The van der Waals surface area contributed by atoms with E-state index in [2.05, 4.69) is 22.2 Å². The van der Waals surface area contributed by atoms with Crippen LogP contribution < -0.4 is 5.32 Å². The van der Waals surface area contributed by atoms with Crippen LogP contribution in [-0.4, -0.2) is 24.1 Å². The molecule has 3 heteroatoms. The van der Waals surface area contributed by atoms with E-state index in [9.17, 15) is 0 Å². The predicted octanol–water partition coefficient (Wildman–Crippen LogP) is 2.92. The van der Waals surface area contributed by atoms with Gasteiger partial charge in [-0.1, -0.05) is 27.2 Å². The van der Waals surface area contributed by atoms with Crippen LogP contribution in [0.15, 0.2) is 6.20 Å². The van der Waals surface area contributed by atoms with Gasteiger partial charge in [-0.2, -0.15) is 0 Å². The van der Waals surface area contributed by atoms with E-state index in [1.54, 1.807) is 0 Å². The number of aromatic amines is 1. The van der Waals surface area contributed by atoms with Crippen molar-refractivity contribution >= 4 is 0 Å². The summed E-state index contributed by atoms with van der Waals surface area (Å²) in [6.07, 6.45) is 5.43. The Morgan fingerprint density at radius 1 is 1.33 bits per heavy atom. The molecule has 0 amide bonds. The molecule has 0 radical (unpaired) electrons. The minimum Gasteiger partial charge on any atom is -0.346 e. The Balaban J connectivity index is 0. The van der Waals surface area contributed by atoms with E-state index in [-0.39, 0.29) is 0 Å². The second-order valence-corrected chi connectivity index (χ2v) is 3.12. The Kier molecular flexibility index (Phi) is 14.6. The highest BCUT2D eigenvalue weighted by Gasteiger charge is 1.94. The molecule has 0 aromatic carbocycles. The summed E-state index contributed by atoms with van der Waals surface area (Å²) in [4.78, 5) is 7.40. The zero-order valence-corrected chi connectivity index (χ0v) is 11.1. The molecule has 3 nitrogen and oxygen atoms in total. The number of aromatic nitrogens is 2. The standard InChI is InChI=1S/C8H14N2.C2H7N.C2H6/c1-3-4-5-8-9-6-7(2)10-8;1-3-2;1-2/h6H,3-5H2,1-2H3,(H,9,10);3H,1-2H3;1-2H3. The molecule has 1 rings (SSSR count). The van der Waals surface area contributed by atoms with Crippen LogP contribution in [-0.2, 0) is 6.42 Å². The lowest BCUT2D eigenvalue weighted by Crippen LogP contribution is -1.89. The lowest BCUT2D eigenvalue weighted by Gasteiger charge is -1.91. The minimum absolute atomic E-state index is 1.09. The van der Waals surface area contributed by atoms with Crippen LogP contribution in [0.3, 0.4) is 0 Å². The number of nitrogens with one attached hydrogen (secondary N) is 2. The van der Waals surface area contributed by atoms with Crippen LogP contribution in [0.1, 0.15) is 45.1 Å². The number of hydrogen-bond donors (Lipinski definition) is 2. The summed E-state index contributed by atoms with van der Waals surface area (Å²) >= 11 is 0. The van der Waals surface area contributed by atoms with Crippen molar-refractivity contribution in [2.24, 2.45) is 0 Å². The predicted molar refractivity (Wildman–Crippen MR) is 68.3 cm³/mol. The number of hydrogen-bond acceptors (Lipinski definition) is 2. The average molecular weight is 213 g/mol. The van der Waals surface area contributed by atoms with E-state index in [0.29, 0.717) is 0 Å². The molecular weight excluding hydrogens is 186 g/mol. The fourth-order valence-corrected chi connectivity index (χ4v) is 0.938. The van der Waals surface area contributed by atoms with Gasteiger partial charge in [0, 0.05) is 18.3 Å². The van der Waals surface area contributed by atoms with E-state index < -0.39 is 0 Å². The molecular formula is C12H27N3. The SMILES string of the molecule is CC.CCCCc1ncc(C)[nH]1.CNC. The topological polar surface area (TPSA) is 40.7 Å². The highest BCUT2D eigenvalue weighted by atomic mass is 14.9. The first-order valence-corrected chi connectivity index (χ1v) is 5.83. The molecule has 2 N–H and O–H groups in total. The van der Waals surface area contributed by atoms with Crippen LogP contribution in [0.2, 0.25) is 0 Å². The quantitative estimate of drug-likeness (QED) is 0.810. The van der Waals surface area contributed by atoms with Gasteiger partial charge in [0.1, 0.15) is 5.82 Å². The molecule has 0 aliphatic heterocycles. The number of rotatable bonds is 3. The third-order valence-electron chi connectivity index (χ3n) is 1.52. The van der Waals surface area contributed by atoms with E-state index in [0.717, 1.165) is 17.9 Å². The molecule has 15 heavy (non-hydrogen) atoms. The van der Waals surface area contributed by atoms with Crippen LogP contribution in [0.4, 0.5) is 0 Å². The number of unbranched alkanes of at least 4 members (excludes halogenated alkanes) is 1. The lowest BCUT2D eigenvalue weighted by molar-refractivity contribution is 0.761. The summed E-state index contributed by atoms with van der Waals surface area (Å²) in [7, 11) is 3.75.